The molecule has 0 radical (unpaired) electrons. The first-order chi connectivity index (χ1) is 18.9. The molecule has 0 amide bonds. The number of methoxy groups -OCH3 is 1. The molecular formula is C31H32F3NO5. The molecule has 6 nitrogen and oxygen atoms in total. The first-order valence-electron chi connectivity index (χ1n) is 13.4. The number of carbonyl (C=O) groups excluding carboxylic acids is 1. The molecule has 212 valence electrons. The van der Waals surface area contributed by atoms with E-state index in [4.69, 9.17) is 14.2 Å². The molecule has 2 aliphatic rings. The molecule has 1 aliphatic carbocycles. The maximum atomic E-state index is 14.7. The second kappa shape index (κ2) is 10.4. The molecular weight excluding hydrogens is 523 g/mol. The van der Waals surface area contributed by atoms with Crippen LogP contribution in [0.5, 0.6) is 5.75 Å². The fourth-order valence-electron chi connectivity index (χ4n) is 5.19. The lowest BCUT2D eigenvalue weighted by atomic mass is 9.84. The summed E-state index contributed by atoms with van der Waals surface area (Å²) in [6.45, 7) is 5.57. The zero-order valence-corrected chi connectivity index (χ0v) is 22.9. The summed E-state index contributed by atoms with van der Waals surface area (Å²) in [4.78, 5) is 25.7. The summed E-state index contributed by atoms with van der Waals surface area (Å²) in [5.41, 5.74) is 0.0904. The van der Waals surface area contributed by atoms with Crippen LogP contribution in [0.4, 0.5) is 13.2 Å². The molecule has 1 atom stereocenters. The Morgan fingerprint density at radius 1 is 1.05 bits per heavy atom. The highest BCUT2D eigenvalue weighted by atomic mass is 19.4. The molecule has 0 N–H and O–H groups in total. The highest BCUT2D eigenvalue weighted by Crippen LogP contribution is 2.47. The van der Waals surface area contributed by atoms with Crippen LogP contribution >= 0.6 is 0 Å². The van der Waals surface area contributed by atoms with Gasteiger partial charge in [0, 0.05) is 23.9 Å². The van der Waals surface area contributed by atoms with Crippen molar-refractivity contribution in [2.45, 2.75) is 70.4 Å². The number of esters is 1. The Hall–Kier alpha value is -3.59. The summed E-state index contributed by atoms with van der Waals surface area (Å²) in [7, 11) is 1.12. The molecule has 0 bridgehead atoms. The van der Waals surface area contributed by atoms with Crippen LogP contribution in [0.25, 0.3) is 22.3 Å². The molecule has 1 unspecified atom stereocenters. The van der Waals surface area contributed by atoms with E-state index in [9.17, 15) is 22.8 Å². The van der Waals surface area contributed by atoms with Crippen LogP contribution in [-0.2, 0) is 26.9 Å². The Morgan fingerprint density at radius 3 is 2.42 bits per heavy atom. The van der Waals surface area contributed by atoms with Crippen molar-refractivity contribution in [2.75, 3.05) is 13.7 Å². The van der Waals surface area contributed by atoms with Crippen molar-refractivity contribution >= 4 is 5.97 Å². The third-order valence-corrected chi connectivity index (χ3v) is 7.09. The summed E-state index contributed by atoms with van der Waals surface area (Å²) in [5, 5.41) is 0. The van der Waals surface area contributed by atoms with E-state index in [-0.39, 0.29) is 22.7 Å². The van der Waals surface area contributed by atoms with E-state index in [0.29, 0.717) is 35.5 Å². The maximum absolute atomic E-state index is 14.7. The van der Waals surface area contributed by atoms with Crippen LogP contribution in [0.1, 0.15) is 68.9 Å². The number of aryl methyl sites for hydroxylation is 1. The Morgan fingerprint density at radius 2 is 1.77 bits per heavy atom. The largest absolute Gasteiger partial charge is 0.493 e. The molecule has 9 heteroatoms. The van der Waals surface area contributed by atoms with E-state index in [1.165, 1.54) is 12.1 Å². The zero-order valence-electron chi connectivity index (χ0n) is 22.9. The van der Waals surface area contributed by atoms with Crippen molar-refractivity contribution in [1.82, 2.24) is 4.57 Å². The van der Waals surface area contributed by atoms with E-state index in [0.717, 1.165) is 38.0 Å². The molecule has 5 rings (SSSR count). The monoisotopic (exact) mass is 555 g/mol. The van der Waals surface area contributed by atoms with Crippen LogP contribution in [0.2, 0.25) is 0 Å². The summed E-state index contributed by atoms with van der Waals surface area (Å²) in [6, 6.07) is 10.8. The highest BCUT2D eigenvalue weighted by molar-refractivity contribution is 5.91. The van der Waals surface area contributed by atoms with Gasteiger partial charge < -0.3 is 18.8 Å². The molecule has 0 spiro atoms. The number of carbonyl (C=O) groups is 1. The molecule has 2 aromatic carbocycles. The number of alkyl halides is 3. The quantitative estimate of drug-likeness (QED) is 0.310. The number of ether oxygens (including phenoxy) is 3. The molecule has 1 aromatic heterocycles. The molecule has 40 heavy (non-hydrogen) atoms. The lowest BCUT2D eigenvalue weighted by molar-refractivity contribution is -0.166. The molecule has 1 saturated carbocycles. The Bertz CT molecular complexity index is 1500. The van der Waals surface area contributed by atoms with Crippen LogP contribution in [0.15, 0.2) is 53.5 Å². The van der Waals surface area contributed by atoms with E-state index in [2.05, 4.69) is 0 Å². The lowest BCUT2D eigenvalue weighted by Crippen LogP contribution is -2.30. The van der Waals surface area contributed by atoms with Crippen molar-refractivity contribution in [2.24, 2.45) is 0 Å². The number of hydrogen-bond donors (Lipinski definition) is 0. The van der Waals surface area contributed by atoms with Gasteiger partial charge in [0.2, 0.25) is 0 Å². The standard InChI is InChI=1S/C31H32F3NO5/c1-30(2,3)40-28(29(37)38-4)27-23(31(32,33)34)12-11-22(20-8-14-25(36)35(17-20)21-9-10-21)26(27)19-7-13-24-18(16-19)6-5-15-39-24/h7-8,11-14,16-17,21,28H,5-6,9-10,15H2,1-4H3. The molecule has 3 aromatic rings. The zero-order chi connectivity index (χ0) is 28.8. The smallest absolute Gasteiger partial charge is 0.416 e. The molecule has 0 saturated heterocycles. The average Bonchev–Trinajstić information content (AvgIpc) is 3.75. The van der Waals surface area contributed by atoms with E-state index >= 15 is 0 Å². The van der Waals surface area contributed by atoms with Crippen molar-refractivity contribution in [3.8, 4) is 28.0 Å². The predicted octanol–water partition coefficient (Wildman–Crippen LogP) is 6.89. The number of fused-ring (bicyclic) bond motifs is 1. The van der Waals surface area contributed by atoms with Crippen LogP contribution < -0.4 is 10.3 Å². The summed E-state index contributed by atoms with van der Waals surface area (Å²) >= 11 is 0. The molecule has 1 fully saturated rings. The van der Waals surface area contributed by atoms with Gasteiger partial charge in [-0.25, -0.2) is 4.79 Å². The Kier molecular flexibility index (Phi) is 7.29. The van der Waals surface area contributed by atoms with Crippen LogP contribution in [-0.4, -0.2) is 29.9 Å². The first-order valence-corrected chi connectivity index (χ1v) is 13.4. The normalized spacial score (nSPS) is 16.2. The van der Waals surface area contributed by atoms with Gasteiger partial charge in [-0.1, -0.05) is 12.1 Å². The topological polar surface area (TPSA) is 66.8 Å². The van der Waals surface area contributed by atoms with E-state index < -0.39 is 29.4 Å². The number of rotatable bonds is 6. The number of nitrogens with zero attached hydrogens (tertiary/aromatic N) is 1. The molecule has 1 aliphatic heterocycles. The summed E-state index contributed by atoms with van der Waals surface area (Å²) in [6.07, 6.45) is -1.55. The van der Waals surface area contributed by atoms with Gasteiger partial charge in [-0.2, -0.15) is 13.2 Å². The van der Waals surface area contributed by atoms with Gasteiger partial charge in [0.25, 0.3) is 5.56 Å². The number of pyridine rings is 1. The van der Waals surface area contributed by atoms with Gasteiger partial charge in [-0.3, -0.25) is 4.79 Å². The Labute approximate surface area is 230 Å². The van der Waals surface area contributed by atoms with Gasteiger partial charge in [0.1, 0.15) is 5.75 Å². The summed E-state index contributed by atoms with van der Waals surface area (Å²) in [5.74, 6) is -0.258. The highest BCUT2D eigenvalue weighted by Gasteiger charge is 2.42. The lowest BCUT2D eigenvalue weighted by Gasteiger charge is -2.31. The van der Waals surface area contributed by atoms with Gasteiger partial charge in [0.05, 0.1) is 24.9 Å². The third-order valence-electron chi connectivity index (χ3n) is 7.09. The minimum atomic E-state index is -4.79. The molecule has 2 heterocycles. The minimum Gasteiger partial charge on any atom is -0.493 e. The SMILES string of the molecule is COC(=O)C(OC(C)(C)C)c1c(C(F)(F)F)ccc(-c2ccc(=O)n(C3CC3)c2)c1-c1ccc2c(c1)CCCO2. The number of benzene rings is 2. The second-order valence-electron chi connectivity index (χ2n) is 11.2. The fourth-order valence-corrected chi connectivity index (χ4v) is 5.19. The van der Waals surface area contributed by atoms with Gasteiger partial charge in [0.15, 0.2) is 6.10 Å². The van der Waals surface area contributed by atoms with E-state index in [1.807, 2.05) is 6.07 Å². The number of aromatic nitrogens is 1. The second-order valence-corrected chi connectivity index (χ2v) is 11.2. The van der Waals surface area contributed by atoms with Crippen molar-refractivity contribution in [3.63, 3.8) is 0 Å². The van der Waals surface area contributed by atoms with Crippen molar-refractivity contribution in [1.29, 1.82) is 0 Å². The van der Waals surface area contributed by atoms with Gasteiger partial charge in [-0.15, -0.1) is 0 Å². The van der Waals surface area contributed by atoms with Crippen molar-refractivity contribution < 1.29 is 32.2 Å². The van der Waals surface area contributed by atoms with Gasteiger partial charge in [-0.05, 0) is 98.5 Å². The number of halogens is 3. The first kappa shape index (κ1) is 28.0. The third kappa shape index (κ3) is 5.66. The predicted molar refractivity (Wildman–Crippen MR) is 144 cm³/mol. The van der Waals surface area contributed by atoms with Crippen LogP contribution in [0.3, 0.4) is 0 Å². The Balaban J connectivity index is 1.86. The van der Waals surface area contributed by atoms with E-state index in [1.54, 1.807) is 49.7 Å². The average molecular weight is 556 g/mol. The maximum Gasteiger partial charge on any atom is 0.416 e. The summed E-state index contributed by atoms with van der Waals surface area (Å²) < 4.78 is 62.4. The minimum absolute atomic E-state index is 0.0674. The van der Waals surface area contributed by atoms with Crippen LogP contribution in [0, 0.1) is 0 Å². The fraction of sp³-hybridized carbons (Fsp3) is 0.419. The van der Waals surface area contributed by atoms with Gasteiger partial charge >= 0.3 is 12.1 Å². The number of hydrogen-bond acceptors (Lipinski definition) is 5. The van der Waals surface area contributed by atoms with Crippen molar-refractivity contribution in [3.05, 3.63) is 75.7 Å².